The predicted molar refractivity (Wildman–Crippen MR) is 124 cm³/mol. The van der Waals surface area contributed by atoms with Crippen molar-refractivity contribution in [1.82, 2.24) is 0 Å². The Hall–Kier alpha value is -2.21. The van der Waals surface area contributed by atoms with Gasteiger partial charge in [0.15, 0.2) is 13.6 Å². The molecule has 0 bridgehead atoms. The molecule has 1 unspecified atom stereocenters. The molecule has 3 rings (SSSR count). The third kappa shape index (κ3) is 4.29. The van der Waals surface area contributed by atoms with Gasteiger partial charge in [-0.1, -0.05) is 36.4 Å². The summed E-state index contributed by atoms with van der Waals surface area (Å²) in [6.07, 6.45) is 0. The molecule has 0 N–H and O–H groups in total. The molecule has 0 aromatic heterocycles. The van der Waals surface area contributed by atoms with Gasteiger partial charge in [-0.25, -0.2) is 0 Å². The second-order valence-electron chi connectivity index (χ2n) is 6.17. The number of hydrogen-bond acceptors (Lipinski definition) is 5. The quantitative estimate of drug-likeness (QED) is 0.287. The van der Waals surface area contributed by atoms with Gasteiger partial charge in [-0.15, -0.1) is 0 Å². The van der Waals surface area contributed by atoms with Gasteiger partial charge in [0.2, 0.25) is 5.52 Å². The number of carbonyl (C=O) groups is 2. The van der Waals surface area contributed by atoms with Gasteiger partial charge in [-0.3, -0.25) is 9.59 Å². The molecule has 0 spiro atoms. The highest BCUT2D eigenvalue weighted by Crippen LogP contribution is 2.40. The number of rotatable bonds is 7. The maximum atomic E-state index is 13.4. The summed E-state index contributed by atoms with van der Waals surface area (Å²) in [6.45, 7) is 0. The lowest BCUT2D eigenvalue weighted by atomic mass is 10.0. The van der Waals surface area contributed by atoms with Gasteiger partial charge in [0.05, 0.1) is 14.2 Å². The second-order valence-corrected chi connectivity index (χ2v) is 9.43. The molecule has 0 heterocycles. The average molecular weight is 552 g/mol. The Morgan fingerprint density at radius 1 is 0.833 bits per heavy atom. The summed E-state index contributed by atoms with van der Waals surface area (Å²) >= 11 is 6.77. The van der Waals surface area contributed by atoms with Gasteiger partial charge in [0.1, 0.15) is 17.1 Å². The zero-order valence-electron chi connectivity index (χ0n) is 16.1. The number of halogens is 2. The Balaban J connectivity index is 2.10. The number of benzene rings is 3. The van der Waals surface area contributed by atoms with Crippen LogP contribution in [-0.4, -0.2) is 25.5 Å². The molecule has 30 heavy (non-hydrogen) atoms. The van der Waals surface area contributed by atoms with E-state index in [-0.39, 0.29) is 28.2 Å². The molecule has 0 fully saturated rings. The van der Waals surface area contributed by atoms with Crippen LogP contribution in [-0.2, 0) is 4.57 Å². The Bertz CT molecular complexity index is 1120. The Morgan fingerprint density at radius 2 is 1.43 bits per heavy atom. The van der Waals surface area contributed by atoms with Crippen molar-refractivity contribution in [2.75, 3.05) is 14.2 Å². The molecule has 154 valence electrons. The van der Waals surface area contributed by atoms with Crippen LogP contribution >= 0.6 is 39.7 Å². The highest BCUT2D eigenvalue weighted by Gasteiger charge is 2.29. The summed E-state index contributed by atoms with van der Waals surface area (Å²) in [5.41, 5.74) is 0.284. The minimum Gasteiger partial charge on any atom is -0.496 e. The third-order valence-corrected chi connectivity index (χ3v) is 8.31. The number of ether oxygens (including phenoxy) is 2. The van der Waals surface area contributed by atoms with Crippen molar-refractivity contribution in [2.24, 2.45) is 0 Å². The van der Waals surface area contributed by atoms with Crippen LogP contribution in [0.2, 0.25) is 0 Å². The van der Waals surface area contributed by atoms with E-state index in [0.29, 0.717) is 20.1 Å². The van der Waals surface area contributed by atoms with E-state index in [0.717, 1.165) is 0 Å². The van der Waals surface area contributed by atoms with E-state index >= 15 is 0 Å². The van der Waals surface area contributed by atoms with Crippen molar-refractivity contribution in [3.05, 3.63) is 86.3 Å². The first-order chi connectivity index (χ1) is 14.4. The molecule has 8 heteroatoms. The molecule has 1 atom stereocenters. The van der Waals surface area contributed by atoms with Crippen LogP contribution in [0.15, 0.2) is 69.6 Å². The molecule has 0 saturated carbocycles. The van der Waals surface area contributed by atoms with E-state index < -0.39 is 13.3 Å². The number of ketones is 1. The molecule has 0 aliphatic heterocycles. The summed E-state index contributed by atoms with van der Waals surface area (Å²) in [5.74, 6) is 0.288. The normalized spacial score (nSPS) is 11.6. The summed E-state index contributed by atoms with van der Waals surface area (Å²) in [7, 11) is -0.204. The maximum absolute atomic E-state index is 13.4. The molecule has 0 amide bonds. The van der Waals surface area contributed by atoms with Gasteiger partial charge < -0.3 is 14.0 Å². The van der Waals surface area contributed by atoms with E-state index in [2.05, 4.69) is 31.9 Å². The molecule has 3 aromatic carbocycles. The van der Waals surface area contributed by atoms with Crippen LogP contribution in [0.3, 0.4) is 0 Å². The topological polar surface area (TPSA) is 69.7 Å². The van der Waals surface area contributed by atoms with E-state index in [1.807, 2.05) is 6.07 Å². The van der Waals surface area contributed by atoms with Gasteiger partial charge in [0.25, 0.3) is 0 Å². The summed E-state index contributed by atoms with van der Waals surface area (Å²) in [4.78, 5) is 26.1. The van der Waals surface area contributed by atoms with E-state index in [1.54, 1.807) is 54.6 Å². The lowest BCUT2D eigenvalue weighted by molar-refractivity contribution is 0.103. The van der Waals surface area contributed by atoms with Crippen LogP contribution < -0.4 is 14.8 Å². The van der Waals surface area contributed by atoms with Crippen LogP contribution in [0, 0.1) is 0 Å². The fourth-order valence-electron chi connectivity index (χ4n) is 2.98. The highest BCUT2D eigenvalue weighted by atomic mass is 79.9. The first-order valence-corrected chi connectivity index (χ1v) is 11.8. The molecule has 5 nitrogen and oxygen atoms in total. The molecule has 0 aliphatic rings. The van der Waals surface area contributed by atoms with E-state index in [9.17, 15) is 14.2 Å². The lowest BCUT2D eigenvalue weighted by Crippen LogP contribution is -2.14. The summed E-state index contributed by atoms with van der Waals surface area (Å²) < 4.78 is 24.7. The minimum absolute atomic E-state index is 0.102. The van der Waals surface area contributed by atoms with Crippen molar-refractivity contribution >= 4 is 56.3 Å². The van der Waals surface area contributed by atoms with Crippen molar-refractivity contribution < 1.29 is 23.6 Å². The molecule has 0 saturated heterocycles. The maximum Gasteiger partial charge on any atom is 0.230 e. The SMILES string of the molecule is COc1cccc(OC)c1C(=O)[PH](=O)c1c(Br)ccc(C(=O)c2ccccc2)c1Br. The van der Waals surface area contributed by atoms with Crippen molar-refractivity contribution in [2.45, 2.75) is 0 Å². The van der Waals surface area contributed by atoms with Gasteiger partial charge in [-0.05, 0) is 56.1 Å². The zero-order valence-corrected chi connectivity index (χ0v) is 20.2. The molecule has 3 aromatic rings. The first-order valence-electron chi connectivity index (χ1n) is 8.78. The van der Waals surface area contributed by atoms with Crippen LogP contribution in [0.4, 0.5) is 0 Å². The van der Waals surface area contributed by atoms with Gasteiger partial charge in [0, 0.05) is 25.4 Å². The van der Waals surface area contributed by atoms with Crippen LogP contribution in [0.1, 0.15) is 26.3 Å². The van der Waals surface area contributed by atoms with Gasteiger partial charge in [-0.2, -0.15) is 0 Å². The predicted octanol–water partition coefficient (Wildman–Crippen LogP) is 5.49. The second kappa shape index (κ2) is 9.73. The smallest absolute Gasteiger partial charge is 0.230 e. The number of hydrogen-bond donors (Lipinski definition) is 0. The molecular formula is C22H17Br2O5P. The standard InChI is InChI=1S/C22H17Br2O5P/c1-28-16-9-6-10-17(29-2)18(16)22(26)30(27)21-15(23)12-11-14(19(21)24)20(25)13-7-4-3-5-8-13/h3-12,30H,1-2H3. The molecule has 0 aliphatic carbocycles. The minimum atomic E-state index is -3.05. The van der Waals surface area contributed by atoms with Crippen molar-refractivity contribution in [3.63, 3.8) is 0 Å². The lowest BCUT2D eigenvalue weighted by Gasteiger charge is -2.14. The summed E-state index contributed by atoms with van der Waals surface area (Å²) in [5, 5.41) is 0.236. The molecular weight excluding hydrogens is 535 g/mol. The Labute approximate surface area is 191 Å². The fraction of sp³-hybridized carbons (Fsp3) is 0.0909. The fourth-order valence-corrected chi connectivity index (χ4v) is 6.52. The largest absolute Gasteiger partial charge is 0.496 e. The van der Waals surface area contributed by atoms with E-state index in [1.165, 1.54) is 14.2 Å². The third-order valence-electron chi connectivity index (χ3n) is 4.46. The highest BCUT2D eigenvalue weighted by molar-refractivity contribution is 9.11. The van der Waals surface area contributed by atoms with E-state index in [4.69, 9.17) is 9.47 Å². The van der Waals surface area contributed by atoms with Crippen molar-refractivity contribution in [1.29, 1.82) is 0 Å². The molecule has 0 radical (unpaired) electrons. The summed E-state index contributed by atoms with van der Waals surface area (Å²) in [6, 6.07) is 16.9. The first kappa shape index (κ1) is 22.5. The zero-order chi connectivity index (χ0) is 21.8. The monoisotopic (exact) mass is 550 g/mol. The van der Waals surface area contributed by atoms with Crippen molar-refractivity contribution in [3.8, 4) is 11.5 Å². The van der Waals surface area contributed by atoms with Gasteiger partial charge >= 0.3 is 0 Å². The van der Waals surface area contributed by atoms with Crippen LogP contribution in [0.5, 0.6) is 11.5 Å². The van der Waals surface area contributed by atoms with Crippen LogP contribution in [0.25, 0.3) is 0 Å². The number of methoxy groups -OCH3 is 2. The average Bonchev–Trinajstić information content (AvgIpc) is 2.78. The Kier molecular flexibility index (Phi) is 7.29. The Morgan fingerprint density at radius 3 is 2.00 bits per heavy atom. The number of carbonyl (C=O) groups excluding carboxylic acids is 2.